The zero-order valence-electron chi connectivity index (χ0n) is 41.3. The summed E-state index contributed by atoms with van der Waals surface area (Å²) in [6.45, 7) is 32.1. The molecule has 3 rings (SSSR count). The van der Waals surface area contributed by atoms with Crippen LogP contribution in [0.25, 0.3) is 0 Å². The Balaban J connectivity index is 0.000000789. The van der Waals surface area contributed by atoms with Gasteiger partial charge in [-0.1, -0.05) is 78.3 Å². The van der Waals surface area contributed by atoms with Gasteiger partial charge in [0.2, 0.25) is 0 Å². The summed E-state index contributed by atoms with van der Waals surface area (Å²) in [6, 6.07) is 9.39. The number of esters is 4. The van der Waals surface area contributed by atoms with E-state index in [0.717, 1.165) is 44.1 Å². The van der Waals surface area contributed by atoms with Crippen molar-refractivity contribution in [2.45, 2.75) is 254 Å². The fourth-order valence-corrected chi connectivity index (χ4v) is 6.85. The highest BCUT2D eigenvalue weighted by Crippen LogP contribution is 2.22. The van der Waals surface area contributed by atoms with Crippen molar-refractivity contribution in [3.8, 4) is 0 Å². The monoisotopic (exact) mass is 863 g/mol. The predicted octanol–water partition coefficient (Wildman–Crippen LogP) is 9.11. The molecule has 2 aliphatic carbocycles. The van der Waals surface area contributed by atoms with Gasteiger partial charge in [-0.15, -0.1) is 0 Å². The van der Waals surface area contributed by atoms with Crippen molar-refractivity contribution < 1.29 is 38.1 Å². The van der Waals surface area contributed by atoms with Crippen molar-refractivity contribution in [3.63, 3.8) is 0 Å². The van der Waals surface area contributed by atoms with Gasteiger partial charge in [0.05, 0.1) is 0 Å². The van der Waals surface area contributed by atoms with Crippen LogP contribution in [-0.2, 0) is 44.7 Å². The molecule has 2 aliphatic rings. The number of carbonyl (C=O) groups excluding carboxylic acids is 4. The van der Waals surface area contributed by atoms with Gasteiger partial charge in [0.25, 0.3) is 0 Å². The van der Waals surface area contributed by atoms with Crippen molar-refractivity contribution >= 4 is 23.9 Å². The van der Waals surface area contributed by atoms with E-state index in [1.165, 1.54) is 32.1 Å². The summed E-state index contributed by atoms with van der Waals surface area (Å²) in [5.74, 6) is -0.580. The van der Waals surface area contributed by atoms with E-state index < -0.39 is 0 Å². The molecule has 0 radical (unpaired) electrons. The van der Waals surface area contributed by atoms with Crippen molar-refractivity contribution in [3.05, 3.63) is 35.9 Å². The average Bonchev–Trinajstić information content (AvgIpc) is 3.68. The molecule has 0 unspecified atom stereocenters. The van der Waals surface area contributed by atoms with Crippen LogP contribution in [0, 0.1) is 0 Å². The van der Waals surface area contributed by atoms with Gasteiger partial charge >= 0.3 is 23.9 Å². The molecule has 4 atom stereocenters. The molecular weight excluding hydrogens is 773 g/mol. The predicted molar refractivity (Wildman–Crippen MR) is 248 cm³/mol. The minimum absolute atomic E-state index is 0.0475. The zero-order valence-corrected chi connectivity index (χ0v) is 41.3. The van der Waals surface area contributed by atoms with E-state index in [2.05, 4.69) is 21.3 Å². The number of nitrogens with one attached hydrogen (secondary N) is 4. The first-order valence-electron chi connectivity index (χ1n) is 23.3. The highest BCUT2D eigenvalue weighted by atomic mass is 16.6. The van der Waals surface area contributed by atoms with Crippen LogP contribution >= 0.6 is 0 Å². The van der Waals surface area contributed by atoms with Gasteiger partial charge in [0, 0.05) is 23.2 Å². The van der Waals surface area contributed by atoms with Gasteiger partial charge in [-0.05, 0) is 139 Å². The fraction of sp³-hybridized carbons (Fsp3) is 0.796. The molecule has 0 heterocycles. The lowest BCUT2D eigenvalue weighted by Gasteiger charge is -2.25. The van der Waals surface area contributed by atoms with Gasteiger partial charge in [0.1, 0.15) is 49.1 Å². The van der Waals surface area contributed by atoms with Crippen LogP contribution in [0.5, 0.6) is 0 Å². The molecule has 12 nitrogen and oxygen atoms in total. The van der Waals surface area contributed by atoms with Crippen LogP contribution in [-0.4, -0.2) is 89.5 Å². The molecule has 4 N–H and O–H groups in total. The maximum absolute atomic E-state index is 11.7. The Labute approximate surface area is 371 Å². The van der Waals surface area contributed by atoms with Gasteiger partial charge in [-0.25, -0.2) is 0 Å². The molecule has 0 spiro atoms. The first kappa shape index (κ1) is 57.9. The molecule has 0 bridgehead atoms. The molecule has 61 heavy (non-hydrogen) atoms. The second kappa shape index (κ2) is 30.9. The lowest BCUT2D eigenvalue weighted by molar-refractivity contribution is -0.153. The molecule has 12 heteroatoms. The topological polar surface area (TPSA) is 153 Å². The molecule has 0 aliphatic heterocycles. The van der Waals surface area contributed by atoms with Gasteiger partial charge in [-0.3, -0.25) is 29.8 Å². The third-order valence-electron chi connectivity index (χ3n) is 9.72. The Morgan fingerprint density at radius 2 is 0.934 bits per heavy atom. The average molecular weight is 863 g/mol. The number of rotatable bonds is 17. The molecule has 1 aromatic rings. The third kappa shape index (κ3) is 30.6. The Kier molecular flexibility index (Phi) is 29.3. The number of benzene rings is 1. The van der Waals surface area contributed by atoms with Gasteiger partial charge in [0.15, 0.2) is 0 Å². The van der Waals surface area contributed by atoms with Crippen LogP contribution in [0.1, 0.15) is 187 Å². The number of hydrogen-bond acceptors (Lipinski definition) is 12. The smallest absolute Gasteiger partial charge is 0.323 e. The summed E-state index contributed by atoms with van der Waals surface area (Å²) in [5, 5.41) is 12.7. The van der Waals surface area contributed by atoms with Crippen LogP contribution in [0.3, 0.4) is 0 Å². The second-order valence-corrected chi connectivity index (χ2v) is 19.3. The first-order chi connectivity index (χ1) is 28.4. The quantitative estimate of drug-likeness (QED) is 0.0873. The Morgan fingerprint density at radius 1 is 0.557 bits per heavy atom. The molecule has 2 fully saturated rings. The van der Waals surface area contributed by atoms with E-state index in [4.69, 9.17) is 18.9 Å². The number of hydrogen-bond donors (Lipinski definition) is 4. The van der Waals surface area contributed by atoms with E-state index in [1.807, 2.05) is 141 Å². The standard InChI is InChI=1S/C14H21NO2.2C12H23NO2.C11H23NO2/c1-11(15-14(2,3)4)13(16)17-10-12-8-6-5-7-9-12;1-9(13-12(2,3)4)11(14)15-10-7-5-6-8-10;1-9(2)13-10(3)12(14)15-11-7-5-4-6-8-11;1-6-10(7-2)14-11(13)9(5)12-8(3)4/h5-9,11,15H,10H2,1-4H3;9-10,13H,5-8H2,1-4H3;9-11,13H,4-8H2,1-3H3;8-10,12H,6-7H2,1-5H3/t11-;9-;10-;9-/m0000/s1. The normalized spacial score (nSPS) is 16.7. The van der Waals surface area contributed by atoms with E-state index in [1.54, 1.807) is 0 Å². The summed E-state index contributed by atoms with van der Waals surface area (Å²) in [7, 11) is 0. The summed E-state index contributed by atoms with van der Waals surface area (Å²) in [4.78, 5) is 46.6. The van der Waals surface area contributed by atoms with Crippen molar-refractivity contribution in [2.75, 3.05) is 0 Å². The maximum Gasteiger partial charge on any atom is 0.323 e. The Bertz CT molecular complexity index is 1330. The minimum atomic E-state index is -0.293. The van der Waals surface area contributed by atoms with Crippen molar-refractivity contribution in [1.82, 2.24) is 21.3 Å². The van der Waals surface area contributed by atoms with Crippen LogP contribution < -0.4 is 21.3 Å². The Hall–Kier alpha value is -3.06. The number of ether oxygens (including phenoxy) is 4. The number of carbonyl (C=O) groups is 4. The molecule has 0 amide bonds. The molecule has 0 aromatic heterocycles. The highest BCUT2D eigenvalue weighted by molar-refractivity contribution is 5.76. The van der Waals surface area contributed by atoms with Crippen molar-refractivity contribution in [1.29, 1.82) is 0 Å². The lowest BCUT2D eigenvalue weighted by atomic mass is 9.98. The second-order valence-electron chi connectivity index (χ2n) is 19.3. The SMILES string of the molecule is CC(C)N[C@@H](C)C(=O)OC1CCCCC1.CCC(CC)OC(=O)[C@H](C)NC(C)C.C[C@H](NC(C)(C)C)C(=O)OC1CCCC1.C[C@H](NC(C)(C)C)C(=O)OCc1ccccc1. The highest BCUT2D eigenvalue weighted by Gasteiger charge is 2.26. The largest absolute Gasteiger partial charge is 0.461 e. The third-order valence-corrected chi connectivity index (χ3v) is 9.72. The minimum Gasteiger partial charge on any atom is -0.461 e. The maximum atomic E-state index is 11.7. The first-order valence-corrected chi connectivity index (χ1v) is 23.3. The molecular formula is C49H90N4O8. The van der Waals surface area contributed by atoms with Crippen LogP contribution in [0.15, 0.2) is 30.3 Å². The van der Waals surface area contributed by atoms with Gasteiger partial charge < -0.3 is 29.6 Å². The van der Waals surface area contributed by atoms with E-state index in [-0.39, 0.29) is 77.4 Å². The summed E-state index contributed by atoms with van der Waals surface area (Å²) in [5.41, 5.74) is 0.864. The fourth-order valence-electron chi connectivity index (χ4n) is 6.85. The Morgan fingerprint density at radius 3 is 1.33 bits per heavy atom. The molecule has 1 aromatic carbocycles. The molecule has 354 valence electrons. The van der Waals surface area contributed by atoms with Gasteiger partial charge in [-0.2, -0.15) is 0 Å². The molecule has 0 saturated heterocycles. The van der Waals surface area contributed by atoms with Crippen LogP contribution in [0.4, 0.5) is 0 Å². The molecule has 2 saturated carbocycles. The lowest BCUT2D eigenvalue weighted by Crippen LogP contribution is -2.47. The van der Waals surface area contributed by atoms with E-state index in [9.17, 15) is 19.2 Å². The van der Waals surface area contributed by atoms with E-state index >= 15 is 0 Å². The summed E-state index contributed by atoms with van der Waals surface area (Å²) < 4.78 is 21.4. The zero-order chi connectivity index (χ0) is 46.8. The summed E-state index contributed by atoms with van der Waals surface area (Å²) in [6.07, 6.45) is 12.4. The van der Waals surface area contributed by atoms with E-state index in [0.29, 0.717) is 18.7 Å². The summed E-state index contributed by atoms with van der Waals surface area (Å²) >= 11 is 0. The van der Waals surface area contributed by atoms with Crippen LogP contribution in [0.2, 0.25) is 0 Å². The van der Waals surface area contributed by atoms with Crippen molar-refractivity contribution in [2.24, 2.45) is 0 Å².